The number of carbonyl (C=O) groups excluding carboxylic acids is 1. The van der Waals surface area contributed by atoms with Crippen LogP contribution < -0.4 is 10.6 Å². The van der Waals surface area contributed by atoms with Crippen molar-refractivity contribution >= 4 is 17.3 Å². The summed E-state index contributed by atoms with van der Waals surface area (Å²) < 4.78 is 0. The zero-order valence-corrected chi connectivity index (χ0v) is 15.9. The Morgan fingerprint density at radius 1 is 1.00 bits per heavy atom. The molecule has 2 aromatic heterocycles. The number of hydrogen-bond donors (Lipinski definition) is 2. The monoisotopic (exact) mass is 360 g/mol. The minimum Gasteiger partial charge on any atom is -0.354 e. The van der Waals surface area contributed by atoms with Crippen LogP contribution in [0.1, 0.15) is 42.4 Å². The highest BCUT2D eigenvalue weighted by atomic mass is 16.1. The summed E-state index contributed by atoms with van der Waals surface area (Å²) in [4.78, 5) is 20.5. The van der Waals surface area contributed by atoms with E-state index >= 15 is 0 Å². The minimum atomic E-state index is -0.201. The van der Waals surface area contributed by atoms with Gasteiger partial charge in [0.25, 0.3) is 5.91 Å². The number of carbonyl (C=O) groups is 1. The van der Waals surface area contributed by atoms with Crippen LogP contribution in [0, 0.1) is 0 Å². The Balaban J connectivity index is 1.66. The summed E-state index contributed by atoms with van der Waals surface area (Å²) in [5, 5.41) is 6.27. The van der Waals surface area contributed by atoms with Gasteiger partial charge in [-0.15, -0.1) is 0 Å². The lowest BCUT2D eigenvalue weighted by Gasteiger charge is -2.23. The van der Waals surface area contributed by atoms with Crippen LogP contribution in [0.5, 0.6) is 0 Å². The standard InChI is InChI=1S/C22H24N4O/c1-22(2,3)18-6-4-5-7-19(18)26-17-8-9-20(24-15-17)21(27)25-14-16-10-12-23-13-11-16/h4-13,15,26H,14H2,1-3H3,(H,25,27). The smallest absolute Gasteiger partial charge is 0.270 e. The van der Waals surface area contributed by atoms with E-state index in [9.17, 15) is 4.79 Å². The van der Waals surface area contributed by atoms with Gasteiger partial charge in [0.15, 0.2) is 0 Å². The normalized spacial score (nSPS) is 11.1. The molecule has 0 fully saturated rings. The van der Waals surface area contributed by atoms with Crippen LogP contribution in [0.4, 0.5) is 11.4 Å². The molecular weight excluding hydrogens is 336 g/mol. The van der Waals surface area contributed by atoms with Crippen LogP contribution in [-0.4, -0.2) is 15.9 Å². The van der Waals surface area contributed by atoms with E-state index in [1.165, 1.54) is 5.56 Å². The number of amides is 1. The van der Waals surface area contributed by atoms with E-state index in [1.54, 1.807) is 24.7 Å². The van der Waals surface area contributed by atoms with Gasteiger partial charge in [-0.05, 0) is 46.9 Å². The Kier molecular flexibility index (Phi) is 5.50. The van der Waals surface area contributed by atoms with Crippen molar-refractivity contribution in [3.05, 3.63) is 83.9 Å². The topological polar surface area (TPSA) is 66.9 Å². The molecule has 2 N–H and O–H groups in total. The van der Waals surface area contributed by atoms with E-state index in [2.05, 4.69) is 53.5 Å². The van der Waals surface area contributed by atoms with E-state index in [0.717, 1.165) is 16.9 Å². The van der Waals surface area contributed by atoms with Crippen LogP contribution in [0.2, 0.25) is 0 Å². The van der Waals surface area contributed by atoms with E-state index in [0.29, 0.717) is 12.2 Å². The van der Waals surface area contributed by atoms with Crippen molar-refractivity contribution in [2.75, 3.05) is 5.32 Å². The highest BCUT2D eigenvalue weighted by Gasteiger charge is 2.17. The van der Waals surface area contributed by atoms with Crippen molar-refractivity contribution in [2.24, 2.45) is 0 Å². The van der Waals surface area contributed by atoms with Crippen molar-refractivity contribution in [3.63, 3.8) is 0 Å². The lowest BCUT2D eigenvalue weighted by molar-refractivity contribution is 0.0946. The first-order valence-electron chi connectivity index (χ1n) is 8.93. The first kappa shape index (κ1) is 18.6. The minimum absolute atomic E-state index is 0.0316. The summed E-state index contributed by atoms with van der Waals surface area (Å²) >= 11 is 0. The molecule has 0 aliphatic rings. The average Bonchev–Trinajstić information content (AvgIpc) is 2.67. The average molecular weight is 360 g/mol. The van der Waals surface area contributed by atoms with Crippen molar-refractivity contribution in [2.45, 2.75) is 32.7 Å². The van der Waals surface area contributed by atoms with E-state index < -0.39 is 0 Å². The summed E-state index contributed by atoms with van der Waals surface area (Å²) in [7, 11) is 0. The highest BCUT2D eigenvalue weighted by molar-refractivity contribution is 5.92. The van der Waals surface area contributed by atoms with E-state index in [4.69, 9.17) is 0 Å². The fourth-order valence-electron chi connectivity index (χ4n) is 2.78. The number of aromatic nitrogens is 2. The van der Waals surface area contributed by atoms with Crippen LogP contribution in [0.3, 0.4) is 0 Å². The molecule has 2 heterocycles. The second-order valence-electron chi connectivity index (χ2n) is 7.39. The Morgan fingerprint density at radius 3 is 2.41 bits per heavy atom. The first-order chi connectivity index (χ1) is 12.9. The Morgan fingerprint density at radius 2 is 1.74 bits per heavy atom. The van der Waals surface area contributed by atoms with E-state index in [1.807, 2.05) is 30.3 Å². The highest BCUT2D eigenvalue weighted by Crippen LogP contribution is 2.31. The molecule has 5 heteroatoms. The SMILES string of the molecule is CC(C)(C)c1ccccc1Nc1ccc(C(=O)NCc2ccncc2)nc1. The van der Waals surface area contributed by atoms with Gasteiger partial charge in [0.2, 0.25) is 0 Å². The molecule has 0 spiro atoms. The fourth-order valence-corrected chi connectivity index (χ4v) is 2.78. The molecule has 5 nitrogen and oxygen atoms in total. The molecule has 0 aliphatic carbocycles. The summed E-state index contributed by atoms with van der Waals surface area (Å²) in [6, 6.07) is 15.6. The number of para-hydroxylation sites is 1. The molecule has 3 aromatic rings. The molecule has 0 radical (unpaired) electrons. The Labute approximate surface area is 159 Å². The van der Waals surface area contributed by atoms with Crippen molar-refractivity contribution in [3.8, 4) is 0 Å². The number of anilines is 2. The van der Waals surface area contributed by atoms with Gasteiger partial charge in [0, 0.05) is 24.6 Å². The molecule has 27 heavy (non-hydrogen) atoms. The Bertz CT molecular complexity index is 900. The number of rotatable bonds is 5. The second-order valence-corrected chi connectivity index (χ2v) is 7.39. The van der Waals surface area contributed by atoms with Gasteiger partial charge in [0.1, 0.15) is 5.69 Å². The predicted molar refractivity (Wildman–Crippen MR) is 108 cm³/mol. The molecule has 0 saturated carbocycles. The molecule has 3 rings (SSSR count). The van der Waals surface area contributed by atoms with Crippen molar-refractivity contribution in [1.82, 2.24) is 15.3 Å². The fraction of sp³-hybridized carbons (Fsp3) is 0.227. The molecule has 138 valence electrons. The molecule has 0 atom stereocenters. The second kappa shape index (κ2) is 7.99. The lowest BCUT2D eigenvalue weighted by atomic mass is 9.86. The van der Waals surface area contributed by atoms with Crippen LogP contribution in [0.15, 0.2) is 67.1 Å². The van der Waals surface area contributed by atoms with Gasteiger partial charge in [-0.1, -0.05) is 39.0 Å². The molecule has 1 aromatic carbocycles. The zero-order valence-electron chi connectivity index (χ0n) is 15.9. The molecule has 0 saturated heterocycles. The molecule has 0 bridgehead atoms. The maximum atomic E-state index is 12.3. The molecule has 1 amide bonds. The van der Waals surface area contributed by atoms with Crippen LogP contribution in [-0.2, 0) is 12.0 Å². The number of nitrogens with zero attached hydrogens (tertiary/aromatic N) is 2. The van der Waals surface area contributed by atoms with Crippen molar-refractivity contribution in [1.29, 1.82) is 0 Å². The molecule has 0 aliphatic heterocycles. The maximum Gasteiger partial charge on any atom is 0.270 e. The van der Waals surface area contributed by atoms with E-state index in [-0.39, 0.29) is 11.3 Å². The maximum absolute atomic E-state index is 12.3. The number of nitrogens with one attached hydrogen (secondary N) is 2. The van der Waals surface area contributed by atoms with Crippen LogP contribution >= 0.6 is 0 Å². The predicted octanol–water partition coefficient (Wildman–Crippen LogP) is 4.45. The van der Waals surface area contributed by atoms with Gasteiger partial charge in [-0.2, -0.15) is 0 Å². The van der Waals surface area contributed by atoms with Crippen LogP contribution in [0.25, 0.3) is 0 Å². The summed E-state index contributed by atoms with van der Waals surface area (Å²) in [6.07, 6.45) is 5.09. The van der Waals surface area contributed by atoms with Gasteiger partial charge < -0.3 is 10.6 Å². The molecular formula is C22H24N4O. The van der Waals surface area contributed by atoms with Gasteiger partial charge in [-0.3, -0.25) is 9.78 Å². The number of pyridine rings is 2. The van der Waals surface area contributed by atoms with Crippen molar-refractivity contribution < 1.29 is 4.79 Å². The van der Waals surface area contributed by atoms with Gasteiger partial charge in [0.05, 0.1) is 11.9 Å². The zero-order chi connectivity index (χ0) is 19.3. The lowest BCUT2D eigenvalue weighted by Crippen LogP contribution is -2.23. The number of hydrogen-bond acceptors (Lipinski definition) is 4. The summed E-state index contributed by atoms with van der Waals surface area (Å²) in [5.41, 5.74) is 4.53. The summed E-state index contributed by atoms with van der Waals surface area (Å²) in [5.74, 6) is -0.201. The first-order valence-corrected chi connectivity index (χ1v) is 8.93. The Hall–Kier alpha value is -3.21. The van der Waals surface area contributed by atoms with Gasteiger partial charge >= 0.3 is 0 Å². The largest absolute Gasteiger partial charge is 0.354 e. The third-order valence-electron chi connectivity index (χ3n) is 4.21. The quantitative estimate of drug-likeness (QED) is 0.705. The molecule has 0 unspecified atom stereocenters. The third kappa shape index (κ3) is 4.91. The third-order valence-corrected chi connectivity index (χ3v) is 4.21. The van der Waals surface area contributed by atoms with Gasteiger partial charge in [-0.25, -0.2) is 4.98 Å². The number of benzene rings is 1. The summed E-state index contributed by atoms with van der Waals surface area (Å²) in [6.45, 7) is 6.99.